The maximum absolute atomic E-state index is 9.42. The average Bonchev–Trinajstić information content (AvgIpc) is 2.76. The summed E-state index contributed by atoms with van der Waals surface area (Å²) in [5.74, 6) is 0.354. The quantitative estimate of drug-likeness (QED) is 0.640. The van der Waals surface area contributed by atoms with Gasteiger partial charge in [0.2, 0.25) is 0 Å². The molecule has 3 N–H and O–H groups in total. The Morgan fingerprint density at radius 1 is 1.33 bits per heavy atom. The van der Waals surface area contributed by atoms with Gasteiger partial charge in [-0.1, -0.05) is 6.07 Å². The molecule has 4 nitrogen and oxygen atoms in total. The minimum Gasteiger partial charge on any atom is -0.508 e. The lowest BCUT2D eigenvalue weighted by atomic mass is 10.1. The van der Waals surface area contributed by atoms with Crippen LogP contribution in [0.15, 0.2) is 18.2 Å². The molecule has 0 radical (unpaired) electrons. The van der Waals surface area contributed by atoms with Crippen molar-refractivity contribution in [2.45, 2.75) is 25.3 Å². The van der Waals surface area contributed by atoms with Gasteiger partial charge in [-0.05, 0) is 49.1 Å². The lowest BCUT2D eigenvalue weighted by molar-refractivity contribution is 0.0904. The molecule has 1 aliphatic rings. The number of fused-ring (bicyclic) bond motifs is 1. The fraction of sp³-hybridized carbons (Fsp3) is 0.571. The van der Waals surface area contributed by atoms with E-state index in [9.17, 15) is 5.11 Å². The summed E-state index contributed by atoms with van der Waals surface area (Å²) in [6.45, 7) is 2.11. The largest absolute Gasteiger partial charge is 0.508 e. The SMILES string of the molecule is OCCOCCCNC1CCc2cc(O)ccc21. The highest BCUT2D eigenvalue weighted by Crippen LogP contribution is 2.32. The molecule has 0 saturated carbocycles. The highest BCUT2D eigenvalue weighted by Gasteiger charge is 2.21. The van der Waals surface area contributed by atoms with Gasteiger partial charge in [0.05, 0.1) is 13.2 Å². The number of aromatic hydroxyl groups is 1. The molecule has 0 aromatic heterocycles. The zero-order valence-electron chi connectivity index (χ0n) is 10.6. The molecule has 0 fully saturated rings. The normalized spacial score (nSPS) is 17.9. The molecule has 18 heavy (non-hydrogen) atoms. The molecule has 0 aliphatic heterocycles. The van der Waals surface area contributed by atoms with Crippen LogP contribution < -0.4 is 5.32 Å². The van der Waals surface area contributed by atoms with Crippen LogP contribution in [0.5, 0.6) is 5.75 Å². The molecule has 1 aromatic rings. The zero-order chi connectivity index (χ0) is 12.8. The molecule has 1 aliphatic carbocycles. The summed E-state index contributed by atoms with van der Waals surface area (Å²) in [5, 5.41) is 21.5. The Bertz CT molecular complexity index is 381. The number of hydrogen-bond donors (Lipinski definition) is 3. The molecule has 0 spiro atoms. The van der Waals surface area contributed by atoms with E-state index in [1.165, 1.54) is 11.1 Å². The Morgan fingerprint density at radius 2 is 2.22 bits per heavy atom. The number of ether oxygens (including phenoxy) is 1. The summed E-state index contributed by atoms with van der Waals surface area (Å²) in [6.07, 6.45) is 3.07. The van der Waals surface area contributed by atoms with Gasteiger partial charge < -0.3 is 20.3 Å². The first kappa shape index (κ1) is 13.3. The number of phenolic OH excluding ortho intramolecular Hbond substituents is 1. The molecule has 0 saturated heterocycles. The Kier molecular flexibility index (Phi) is 4.99. The molecular weight excluding hydrogens is 230 g/mol. The smallest absolute Gasteiger partial charge is 0.115 e. The summed E-state index contributed by atoms with van der Waals surface area (Å²) in [4.78, 5) is 0. The standard InChI is InChI=1S/C14H21NO3/c16-7-9-18-8-1-6-15-14-5-2-11-10-12(17)3-4-13(11)14/h3-4,10,14-17H,1-2,5-9H2. The van der Waals surface area contributed by atoms with E-state index in [-0.39, 0.29) is 6.61 Å². The third kappa shape index (κ3) is 3.45. The predicted molar refractivity (Wildman–Crippen MR) is 69.7 cm³/mol. The molecule has 2 rings (SSSR count). The number of aliphatic hydroxyl groups is 1. The van der Waals surface area contributed by atoms with E-state index in [4.69, 9.17) is 9.84 Å². The molecule has 1 unspecified atom stereocenters. The molecule has 4 heteroatoms. The molecule has 0 heterocycles. The second-order valence-corrected chi connectivity index (χ2v) is 4.62. The van der Waals surface area contributed by atoms with Crippen LogP contribution >= 0.6 is 0 Å². The van der Waals surface area contributed by atoms with E-state index in [2.05, 4.69) is 5.32 Å². The monoisotopic (exact) mass is 251 g/mol. The van der Waals surface area contributed by atoms with Gasteiger partial charge in [0.25, 0.3) is 0 Å². The third-order valence-corrected chi connectivity index (χ3v) is 3.30. The first-order valence-corrected chi connectivity index (χ1v) is 6.55. The highest BCUT2D eigenvalue weighted by molar-refractivity contribution is 5.39. The van der Waals surface area contributed by atoms with Gasteiger partial charge in [-0.25, -0.2) is 0 Å². The van der Waals surface area contributed by atoms with Crippen LogP contribution in [0.2, 0.25) is 0 Å². The van der Waals surface area contributed by atoms with Gasteiger partial charge in [0.1, 0.15) is 5.75 Å². The third-order valence-electron chi connectivity index (χ3n) is 3.30. The van der Waals surface area contributed by atoms with Crippen LogP contribution in [0, 0.1) is 0 Å². The molecule has 0 bridgehead atoms. The second kappa shape index (κ2) is 6.73. The topological polar surface area (TPSA) is 61.7 Å². The van der Waals surface area contributed by atoms with Gasteiger partial charge in [-0.15, -0.1) is 0 Å². The summed E-state index contributed by atoms with van der Waals surface area (Å²) in [5.41, 5.74) is 2.56. The minimum atomic E-state index is 0.0902. The van der Waals surface area contributed by atoms with Crippen LogP contribution in [0.4, 0.5) is 0 Å². The zero-order valence-corrected chi connectivity index (χ0v) is 10.6. The van der Waals surface area contributed by atoms with Gasteiger partial charge in [0, 0.05) is 12.6 Å². The highest BCUT2D eigenvalue weighted by atomic mass is 16.5. The number of aliphatic hydroxyl groups excluding tert-OH is 1. The average molecular weight is 251 g/mol. The van der Waals surface area contributed by atoms with Gasteiger partial charge in [0.15, 0.2) is 0 Å². The lowest BCUT2D eigenvalue weighted by Crippen LogP contribution is -2.21. The van der Waals surface area contributed by atoms with E-state index in [1.807, 2.05) is 12.1 Å². The van der Waals surface area contributed by atoms with Crippen molar-refractivity contribution >= 4 is 0 Å². The Hall–Kier alpha value is -1.10. The molecule has 1 atom stereocenters. The van der Waals surface area contributed by atoms with E-state index in [0.29, 0.717) is 25.0 Å². The van der Waals surface area contributed by atoms with Crippen molar-refractivity contribution in [3.05, 3.63) is 29.3 Å². The summed E-state index contributed by atoms with van der Waals surface area (Å²) in [7, 11) is 0. The van der Waals surface area contributed by atoms with Gasteiger partial charge in [-0.3, -0.25) is 0 Å². The van der Waals surface area contributed by atoms with Crippen LogP contribution in [0.1, 0.15) is 30.0 Å². The van der Waals surface area contributed by atoms with Crippen molar-refractivity contribution in [1.29, 1.82) is 0 Å². The fourth-order valence-electron chi connectivity index (χ4n) is 2.43. The van der Waals surface area contributed by atoms with Crippen molar-refractivity contribution in [1.82, 2.24) is 5.32 Å². The van der Waals surface area contributed by atoms with Crippen LogP contribution in [-0.2, 0) is 11.2 Å². The maximum atomic E-state index is 9.42. The molecule has 1 aromatic carbocycles. The number of hydrogen-bond acceptors (Lipinski definition) is 4. The fourth-order valence-corrected chi connectivity index (χ4v) is 2.43. The molecule has 100 valence electrons. The first-order chi connectivity index (χ1) is 8.81. The number of nitrogens with one attached hydrogen (secondary N) is 1. The molecular formula is C14H21NO3. The van der Waals surface area contributed by atoms with Crippen molar-refractivity contribution in [2.24, 2.45) is 0 Å². The van der Waals surface area contributed by atoms with Gasteiger partial charge >= 0.3 is 0 Å². The lowest BCUT2D eigenvalue weighted by Gasteiger charge is -2.14. The van der Waals surface area contributed by atoms with Crippen molar-refractivity contribution in [3.8, 4) is 5.75 Å². The van der Waals surface area contributed by atoms with E-state index < -0.39 is 0 Å². The van der Waals surface area contributed by atoms with E-state index in [0.717, 1.165) is 25.8 Å². The predicted octanol–water partition coefficient (Wildman–Crippen LogP) is 1.37. The maximum Gasteiger partial charge on any atom is 0.115 e. The summed E-state index contributed by atoms with van der Waals surface area (Å²) in [6, 6.07) is 6.03. The van der Waals surface area contributed by atoms with E-state index >= 15 is 0 Å². The summed E-state index contributed by atoms with van der Waals surface area (Å²) < 4.78 is 5.21. The Labute approximate surface area is 108 Å². The Morgan fingerprint density at radius 3 is 3.06 bits per heavy atom. The second-order valence-electron chi connectivity index (χ2n) is 4.62. The number of aryl methyl sites for hydroxylation is 1. The Balaban J connectivity index is 1.73. The number of rotatable bonds is 7. The van der Waals surface area contributed by atoms with Crippen LogP contribution in [0.3, 0.4) is 0 Å². The summed E-state index contributed by atoms with van der Waals surface area (Å²) >= 11 is 0. The van der Waals surface area contributed by atoms with Crippen molar-refractivity contribution in [3.63, 3.8) is 0 Å². The number of benzene rings is 1. The number of phenols is 1. The van der Waals surface area contributed by atoms with Crippen molar-refractivity contribution in [2.75, 3.05) is 26.4 Å². The van der Waals surface area contributed by atoms with Gasteiger partial charge in [-0.2, -0.15) is 0 Å². The first-order valence-electron chi connectivity index (χ1n) is 6.55. The molecule has 0 amide bonds. The van der Waals surface area contributed by atoms with Crippen molar-refractivity contribution < 1.29 is 14.9 Å². The van der Waals surface area contributed by atoms with Crippen LogP contribution in [-0.4, -0.2) is 36.6 Å². The minimum absolute atomic E-state index is 0.0902. The van der Waals surface area contributed by atoms with Crippen LogP contribution in [0.25, 0.3) is 0 Å². The van der Waals surface area contributed by atoms with E-state index in [1.54, 1.807) is 6.07 Å².